The largest absolute Gasteiger partial charge is 0.481 e. The van der Waals surface area contributed by atoms with Crippen LogP contribution in [0.4, 0.5) is 0 Å². The van der Waals surface area contributed by atoms with Gasteiger partial charge in [0.1, 0.15) is 12.2 Å². The highest BCUT2D eigenvalue weighted by Gasteiger charge is 1.98. The van der Waals surface area contributed by atoms with Crippen molar-refractivity contribution in [3.05, 3.63) is 12.1 Å². The first-order valence-electron chi connectivity index (χ1n) is 2.47. The SMILES string of the molecule is C=CCl.CC(=O)CC(=O)O. The van der Waals surface area contributed by atoms with Crippen molar-refractivity contribution < 1.29 is 14.7 Å². The lowest BCUT2D eigenvalue weighted by Crippen LogP contribution is -2.00. The minimum absolute atomic E-state index is 0.312. The standard InChI is InChI=1S/C4H6O3.C2H3Cl/c1-3(5)2-4(6)7;1-2-3/h2H2,1H3,(H,6,7);2H,1H2. The van der Waals surface area contributed by atoms with Gasteiger partial charge in [-0.1, -0.05) is 18.2 Å². The van der Waals surface area contributed by atoms with Gasteiger partial charge in [-0.15, -0.1) is 0 Å². The molecule has 0 aromatic heterocycles. The van der Waals surface area contributed by atoms with Crippen molar-refractivity contribution in [2.45, 2.75) is 13.3 Å². The smallest absolute Gasteiger partial charge is 0.310 e. The van der Waals surface area contributed by atoms with Gasteiger partial charge in [-0.25, -0.2) is 0 Å². The van der Waals surface area contributed by atoms with Gasteiger partial charge in [0.15, 0.2) is 0 Å². The predicted molar refractivity (Wildman–Crippen MR) is 39.0 cm³/mol. The number of carboxylic acid groups (broad SMARTS) is 1. The van der Waals surface area contributed by atoms with Gasteiger partial charge >= 0.3 is 5.97 Å². The van der Waals surface area contributed by atoms with Crippen LogP contribution in [0.5, 0.6) is 0 Å². The molecule has 0 bridgehead atoms. The number of halogens is 1. The number of carboxylic acids is 1. The van der Waals surface area contributed by atoms with Crippen LogP contribution in [0.15, 0.2) is 12.1 Å². The molecule has 10 heavy (non-hydrogen) atoms. The van der Waals surface area contributed by atoms with Gasteiger partial charge in [-0.05, 0) is 12.5 Å². The Bertz CT molecular complexity index is 119. The number of ketones is 1. The highest BCUT2D eigenvalue weighted by molar-refractivity contribution is 6.25. The normalized spacial score (nSPS) is 7.00. The van der Waals surface area contributed by atoms with E-state index in [0.29, 0.717) is 0 Å². The minimum Gasteiger partial charge on any atom is -0.481 e. The lowest BCUT2D eigenvalue weighted by atomic mass is 10.3. The summed E-state index contributed by atoms with van der Waals surface area (Å²) in [7, 11) is 0. The summed E-state index contributed by atoms with van der Waals surface area (Å²) in [6.07, 6.45) is -0.361. The maximum atomic E-state index is 9.87. The summed E-state index contributed by atoms with van der Waals surface area (Å²) in [6, 6.07) is 0. The first-order chi connectivity index (χ1) is 4.54. The molecule has 0 amide bonds. The molecular formula is C6H9ClO3. The Balaban J connectivity index is 0. The zero-order valence-corrected chi connectivity index (χ0v) is 6.39. The summed E-state index contributed by atoms with van der Waals surface area (Å²) in [5.41, 5.74) is 1.22. The Morgan fingerprint density at radius 2 is 2.00 bits per heavy atom. The molecule has 0 aromatic rings. The van der Waals surface area contributed by atoms with Crippen LogP contribution in [0.3, 0.4) is 0 Å². The van der Waals surface area contributed by atoms with Gasteiger partial charge in [0.25, 0.3) is 0 Å². The van der Waals surface area contributed by atoms with Gasteiger partial charge < -0.3 is 5.11 Å². The third-order valence-electron chi connectivity index (χ3n) is 0.400. The number of carbonyl (C=O) groups is 2. The number of hydrogen-bond acceptors (Lipinski definition) is 2. The van der Waals surface area contributed by atoms with Gasteiger partial charge in [0.05, 0.1) is 0 Å². The molecule has 0 unspecified atom stereocenters. The predicted octanol–water partition coefficient (Wildman–Crippen LogP) is 1.42. The second-order valence-corrected chi connectivity index (χ2v) is 1.74. The molecule has 0 rings (SSSR count). The van der Waals surface area contributed by atoms with Crippen LogP contribution in [0.1, 0.15) is 13.3 Å². The maximum Gasteiger partial charge on any atom is 0.310 e. The first-order valence-corrected chi connectivity index (χ1v) is 2.90. The van der Waals surface area contributed by atoms with Crippen molar-refractivity contribution >= 4 is 23.4 Å². The van der Waals surface area contributed by atoms with E-state index in [-0.39, 0.29) is 12.2 Å². The van der Waals surface area contributed by atoms with Gasteiger partial charge in [-0.3, -0.25) is 9.59 Å². The lowest BCUT2D eigenvalue weighted by Gasteiger charge is -1.80. The summed E-state index contributed by atoms with van der Waals surface area (Å²) in [5, 5.41) is 7.86. The number of hydrogen-bond donors (Lipinski definition) is 1. The molecule has 0 aromatic carbocycles. The third-order valence-corrected chi connectivity index (χ3v) is 0.400. The fourth-order valence-corrected chi connectivity index (χ4v) is 0.213. The Labute approximate surface area is 64.3 Å². The molecule has 0 spiro atoms. The molecular weight excluding hydrogens is 156 g/mol. The molecule has 0 fully saturated rings. The fraction of sp³-hybridized carbons (Fsp3) is 0.333. The molecule has 0 aliphatic heterocycles. The van der Waals surface area contributed by atoms with Crippen molar-refractivity contribution in [1.82, 2.24) is 0 Å². The fourth-order valence-electron chi connectivity index (χ4n) is 0.213. The van der Waals surface area contributed by atoms with Crippen molar-refractivity contribution in [2.75, 3.05) is 0 Å². The average Bonchev–Trinajstić information content (AvgIpc) is 1.62. The number of aliphatic carboxylic acids is 1. The third kappa shape index (κ3) is 27.2. The van der Waals surface area contributed by atoms with Crippen LogP contribution < -0.4 is 0 Å². The minimum atomic E-state index is -1.06. The zero-order chi connectivity index (χ0) is 8.57. The van der Waals surface area contributed by atoms with E-state index in [2.05, 4.69) is 6.58 Å². The van der Waals surface area contributed by atoms with Crippen LogP contribution in [-0.4, -0.2) is 16.9 Å². The average molecular weight is 165 g/mol. The van der Waals surface area contributed by atoms with Crippen LogP contribution in [0.2, 0.25) is 0 Å². The monoisotopic (exact) mass is 164 g/mol. The van der Waals surface area contributed by atoms with Crippen LogP contribution >= 0.6 is 11.6 Å². The van der Waals surface area contributed by atoms with Crippen molar-refractivity contribution in [1.29, 1.82) is 0 Å². The van der Waals surface area contributed by atoms with Crippen LogP contribution in [-0.2, 0) is 9.59 Å². The molecule has 0 saturated heterocycles. The summed E-state index contributed by atoms with van der Waals surface area (Å²) in [5.74, 6) is -1.37. The van der Waals surface area contributed by atoms with Crippen LogP contribution in [0, 0.1) is 0 Å². The van der Waals surface area contributed by atoms with Gasteiger partial charge in [0, 0.05) is 0 Å². The molecule has 0 saturated carbocycles. The topological polar surface area (TPSA) is 54.4 Å². The molecule has 0 atom stereocenters. The van der Waals surface area contributed by atoms with E-state index in [9.17, 15) is 9.59 Å². The van der Waals surface area contributed by atoms with E-state index < -0.39 is 5.97 Å². The summed E-state index contributed by atoms with van der Waals surface area (Å²) < 4.78 is 0. The molecule has 1 N–H and O–H groups in total. The van der Waals surface area contributed by atoms with Gasteiger partial charge in [-0.2, -0.15) is 0 Å². The summed E-state index contributed by atoms with van der Waals surface area (Å²) >= 11 is 4.76. The van der Waals surface area contributed by atoms with E-state index in [1.165, 1.54) is 12.5 Å². The molecule has 0 heterocycles. The Morgan fingerprint density at radius 1 is 1.70 bits per heavy atom. The van der Waals surface area contributed by atoms with Crippen molar-refractivity contribution in [3.8, 4) is 0 Å². The number of carbonyl (C=O) groups excluding carboxylic acids is 1. The van der Waals surface area contributed by atoms with Crippen LogP contribution in [0.25, 0.3) is 0 Å². The Kier molecular flexibility index (Phi) is 9.73. The Morgan fingerprint density at radius 3 is 2.00 bits per heavy atom. The second kappa shape index (κ2) is 8.17. The van der Waals surface area contributed by atoms with E-state index in [0.717, 1.165) is 0 Å². The molecule has 58 valence electrons. The first kappa shape index (κ1) is 11.9. The quantitative estimate of drug-likeness (QED) is 0.628. The highest BCUT2D eigenvalue weighted by Crippen LogP contribution is 1.77. The van der Waals surface area contributed by atoms with E-state index >= 15 is 0 Å². The molecule has 4 heteroatoms. The van der Waals surface area contributed by atoms with E-state index in [1.54, 1.807) is 0 Å². The summed E-state index contributed by atoms with van der Waals surface area (Å²) in [4.78, 5) is 19.5. The molecule has 0 aliphatic rings. The maximum absolute atomic E-state index is 9.87. The molecule has 0 radical (unpaired) electrons. The Hall–Kier alpha value is -0.830. The lowest BCUT2D eigenvalue weighted by molar-refractivity contribution is -0.139. The number of rotatable bonds is 2. The van der Waals surface area contributed by atoms with Gasteiger partial charge in [0.2, 0.25) is 0 Å². The van der Waals surface area contributed by atoms with E-state index in [1.807, 2.05) is 0 Å². The molecule has 3 nitrogen and oxygen atoms in total. The van der Waals surface area contributed by atoms with Crippen molar-refractivity contribution in [3.63, 3.8) is 0 Å². The summed E-state index contributed by atoms with van der Waals surface area (Å²) in [6.45, 7) is 4.37. The zero-order valence-electron chi connectivity index (χ0n) is 5.63. The second-order valence-electron chi connectivity index (χ2n) is 1.43. The van der Waals surface area contributed by atoms with E-state index in [4.69, 9.17) is 16.7 Å². The molecule has 0 aliphatic carbocycles. The highest BCUT2D eigenvalue weighted by atomic mass is 35.5. The number of Topliss-reactive ketones (excluding diaryl/α,β-unsaturated/α-hetero) is 1. The van der Waals surface area contributed by atoms with Crippen molar-refractivity contribution in [2.24, 2.45) is 0 Å².